The second-order valence-electron chi connectivity index (χ2n) is 7.20. The van der Waals surface area contributed by atoms with Gasteiger partial charge < -0.3 is 20.7 Å². The molecule has 158 valence electrons. The molecule has 1 atom stereocenters. The normalized spacial score (nSPS) is 15.3. The number of anilines is 4. The van der Waals surface area contributed by atoms with Crippen LogP contribution in [0.4, 0.5) is 27.1 Å². The zero-order valence-corrected chi connectivity index (χ0v) is 16.7. The summed E-state index contributed by atoms with van der Waals surface area (Å²) < 4.78 is 18.5. The zero-order valence-electron chi connectivity index (χ0n) is 16.7. The van der Waals surface area contributed by atoms with Gasteiger partial charge in [0, 0.05) is 23.7 Å². The largest absolute Gasteiger partial charge is 0.368 e. The van der Waals surface area contributed by atoms with Crippen molar-refractivity contribution in [2.45, 2.75) is 18.9 Å². The van der Waals surface area contributed by atoms with Crippen LogP contribution >= 0.6 is 0 Å². The topological polar surface area (TPSA) is 79.5 Å². The Balaban J connectivity index is 1.41. The molecule has 0 bridgehead atoms. The molecule has 7 heteroatoms. The summed E-state index contributed by atoms with van der Waals surface area (Å²) in [6.45, 7) is 0.612. The predicted octanol–water partition coefficient (Wildman–Crippen LogP) is 4.94. The van der Waals surface area contributed by atoms with Gasteiger partial charge in [-0.25, -0.2) is 4.39 Å². The molecule has 1 aliphatic rings. The van der Waals surface area contributed by atoms with Crippen molar-refractivity contribution in [1.82, 2.24) is 0 Å². The van der Waals surface area contributed by atoms with Crippen LogP contribution in [0.3, 0.4) is 0 Å². The van der Waals surface area contributed by atoms with E-state index in [4.69, 9.17) is 4.74 Å². The predicted molar refractivity (Wildman–Crippen MR) is 118 cm³/mol. The number of carbonyl (C=O) groups excluding carboxylic acids is 2. The maximum atomic E-state index is 13.1. The monoisotopic (exact) mass is 419 g/mol. The van der Waals surface area contributed by atoms with Gasteiger partial charge >= 0.3 is 0 Å². The number of hydrogen-bond donors (Lipinski definition) is 3. The molecule has 2 amide bonds. The first-order valence-corrected chi connectivity index (χ1v) is 10.0. The van der Waals surface area contributed by atoms with Gasteiger partial charge in [-0.1, -0.05) is 12.1 Å². The molecule has 3 N–H and O–H groups in total. The summed E-state index contributed by atoms with van der Waals surface area (Å²) in [4.78, 5) is 25.0. The molecule has 0 aliphatic carbocycles. The summed E-state index contributed by atoms with van der Waals surface area (Å²) in [7, 11) is 0. The third-order valence-electron chi connectivity index (χ3n) is 4.93. The van der Waals surface area contributed by atoms with Crippen LogP contribution < -0.4 is 16.0 Å². The molecule has 1 heterocycles. The molecule has 1 unspecified atom stereocenters. The number of hydrogen-bond acceptors (Lipinski definition) is 4. The molecular formula is C24H22FN3O3. The van der Waals surface area contributed by atoms with Gasteiger partial charge in [0.25, 0.3) is 11.8 Å². The fraction of sp³-hybridized carbons (Fsp3) is 0.167. The maximum Gasteiger partial charge on any atom is 0.257 e. The second kappa shape index (κ2) is 9.40. The highest BCUT2D eigenvalue weighted by molar-refractivity contribution is 6.08. The van der Waals surface area contributed by atoms with E-state index in [1.54, 1.807) is 54.6 Å². The molecule has 4 rings (SSSR count). The van der Waals surface area contributed by atoms with E-state index in [0.29, 0.717) is 34.9 Å². The lowest BCUT2D eigenvalue weighted by Gasteiger charge is -2.13. The van der Waals surface area contributed by atoms with Crippen molar-refractivity contribution in [3.8, 4) is 0 Å². The molecule has 1 fully saturated rings. The molecule has 0 radical (unpaired) electrons. The summed E-state index contributed by atoms with van der Waals surface area (Å²) in [5.74, 6) is -0.775. The molecule has 31 heavy (non-hydrogen) atoms. The lowest BCUT2D eigenvalue weighted by atomic mass is 10.1. The van der Waals surface area contributed by atoms with Gasteiger partial charge in [-0.2, -0.15) is 0 Å². The SMILES string of the molecule is O=C(Nc1ccc(NC(=O)C2CCCO2)cc1)c1ccccc1Nc1ccc(F)cc1. The molecule has 6 nitrogen and oxygen atoms in total. The van der Waals surface area contributed by atoms with Gasteiger partial charge in [0.1, 0.15) is 11.9 Å². The van der Waals surface area contributed by atoms with Crippen LogP contribution in [-0.4, -0.2) is 24.5 Å². The van der Waals surface area contributed by atoms with Crippen LogP contribution in [0, 0.1) is 5.82 Å². The molecule has 0 spiro atoms. The highest BCUT2D eigenvalue weighted by atomic mass is 19.1. The van der Waals surface area contributed by atoms with E-state index in [0.717, 1.165) is 12.8 Å². The maximum absolute atomic E-state index is 13.1. The van der Waals surface area contributed by atoms with Crippen LogP contribution in [0.1, 0.15) is 23.2 Å². The van der Waals surface area contributed by atoms with Crippen LogP contribution in [0.2, 0.25) is 0 Å². The van der Waals surface area contributed by atoms with Gasteiger partial charge in [-0.05, 0) is 73.5 Å². The zero-order chi connectivity index (χ0) is 21.6. The standard InChI is InChI=1S/C24H22FN3O3/c25-16-7-9-17(10-8-16)26-21-5-2-1-4-20(21)23(29)27-18-11-13-19(14-12-18)28-24(30)22-6-3-15-31-22/h1-2,4-5,7-14,22,26H,3,6,15H2,(H,27,29)(H,28,30). The first-order chi connectivity index (χ1) is 15.1. The lowest BCUT2D eigenvalue weighted by Crippen LogP contribution is -2.26. The number of halogens is 1. The lowest BCUT2D eigenvalue weighted by molar-refractivity contribution is -0.124. The minimum Gasteiger partial charge on any atom is -0.368 e. The summed E-state index contributed by atoms with van der Waals surface area (Å²) in [6.07, 6.45) is 1.22. The fourth-order valence-corrected chi connectivity index (χ4v) is 3.32. The number of nitrogens with one attached hydrogen (secondary N) is 3. The van der Waals surface area contributed by atoms with Gasteiger partial charge in [-0.15, -0.1) is 0 Å². The quantitative estimate of drug-likeness (QED) is 0.529. The Morgan fingerprint density at radius 1 is 0.839 bits per heavy atom. The van der Waals surface area contributed by atoms with E-state index in [2.05, 4.69) is 16.0 Å². The van der Waals surface area contributed by atoms with Crippen molar-refractivity contribution in [3.05, 3.63) is 84.2 Å². The van der Waals surface area contributed by atoms with E-state index >= 15 is 0 Å². The van der Waals surface area contributed by atoms with E-state index in [-0.39, 0.29) is 17.6 Å². The van der Waals surface area contributed by atoms with Crippen LogP contribution in [0.25, 0.3) is 0 Å². The Morgan fingerprint density at radius 3 is 2.16 bits per heavy atom. The minimum absolute atomic E-state index is 0.157. The van der Waals surface area contributed by atoms with Gasteiger partial charge in [0.15, 0.2) is 0 Å². The third kappa shape index (κ3) is 5.26. The smallest absolute Gasteiger partial charge is 0.257 e. The van der Waals surface area contributed by atoms with Crippen molar-refractivity contribution < 1.29 is 18.7 Å². The molecule has 3 aromatic carbocycles. The van der Waals surface area contributed by atoms with Crippen molar-refractivity contribution in [2.75, 3.05) is 22.6 Å². The first-order valence-electron chi connectivity index (χ1n) is 10.0. The molecule has 1 aliphatic heterocycles. The molecule has 1 saturated heterocycles. The average Bonchev–Trinajstić information content (AvgIpc) is 3.32. The number of carbonyl (C=O) groups is 2. The number of para-hydroxylation sites is 1. The van der Waals surface area contributed by atoms with Gasteiger partial charge in [0.2, 0.25) is 0 Å². The highest BCUT2D eigenvalue weighted by Gasteiger charge is 2.23. The number of benzene rings is 3. The van der Waals surface area contributed by atoms with E-state index in [1.165, 1.54) is 12.1 Å². The van der Waals surface area contributed by atoms with E-state index in [9.17, 15) is 14.0 Å². The number of amides is 2. The third-order valence-corrected chi connectivity index (χ3v) is 4.93. The summed E-state index contributed by atoms with van der Waals surface area (Å²) >= 11 is 0. The van der Waals surface area contributed by atoms with Gasteiger partial charge in [-0.3, -0.25) is 9.59 Å². The Hall–Kier alpha value is -3.71. The first kappa shape index (κ1) is 20.6. The summed E-state index contributed by atoms with van der Waals surface area (Å²) in [5.41, 5.74) is 2.95. The van der Waals surface area contributed by atoms with Crippen LogP contribution in [0.15, 0.2) is 72.8 Å². The second-order valence-corrected chi connectivity index (χ2v) is 7.20. The molecular weight excluding hydrogens is 397 g/mol. The fourth-order valence-electron chi connectivity index (χ4n) is 3.32. The summed E-state index contributed by atoms with van der Waals surface area (Å²) in [6, 6.07) is 19.9. The van der Waals surface area contributed by atoms with Crippen molar-refractivity contribution in [2.24, 2.45) is 0 Å². The van der Waals surface area contributed by atoms with E-state index < -0.39 is 6.10 Å². The number of ether oxygens (including phenoxy) is 1. The van der Waals surface area contributed by atoms with Crippen molar-refractivity contribution in [1.29, 1.82) is 0 Å². The van der Waals surface area contributed by atoms with Crippen molar-refractivity contribution >= 4 is 34.6 Å². The Morgan fingerprint density at radius 2 is 1.48 bits per heavy atom. The van der Waals surface area contributed by atoms with Gasteiger partial charge in [0.05, 0.1) is 11.3 Å². The minimum atomic E-state index is -0.399. The Bertz CT molecular complexity index is 1060. The molecule has 0 aromatic heterocycles. The number of rotatable bonds is 6. The summed E-state index contributed by atoms with van der Waals surface area (Å²) in [5, 5.41) is 8.81. The van der Waals surface area contributed by atoms with Crippen LogP contribution in [0.5, 0.6) is 0 Å². The Labute approximate surface area is 179 Å². The molecule has 0 saturated carbocycles. The Kier molecular flexibility index (Phi) is 6.24. The van der Waals surface area contributed by atoms with Crippen LogP contribution in [-0.2, 0) is 9.53 Å². The van der Waals surface area contributed by atoms with Crippen molar-refractivity contribution in [3.63, 3.8) is 0 Å². The highest BCUT2D eigenvalue weighted by Crippen LogP contribution is 2.23. The van der Waals surface area contributed by atoms with E-state index in [1.807, 2.05) is 6.07 Å². The molecule has 3 aromatic rings. The average molecular weight is 419 g/mol.